The summed E-state index contributed by atoms with van der Waals surface area (Å²) in [5.74, 6) is 0.848. The monoisotopic (exact) mass is 325 g/mol. The number of hydrogen-bond acceptors (Lipinski definition) is 4. The largest absolute Gasteiger partial charge is 0.468 e. The lowest BCUT2D eigenvalue weighted by atomic mass is 10.1. The number of ketones is 1. The number of hydrogen-bond donors (Lipinski definition) is 0. The van der Waals surface area contributed by atoms with Gasteiger partial charge in [-0.05, 0) is 32.0 Å². The van der Waals surface area contributed by atoms with Crippen LogP contribution >= 0.6 is 0 Å². The lowest BCUT2D eigenvalue weighted by Crippen LogP contribution is -2.30. The van der Waals surface area contributed by atoms with Gasteiger partial charge in [0.2, 0.25) is 0 Å². The van der Waals surface area contributed by atoms with Gasteiger partial charge in [-0.15, -0.1) is 6.58 Å². The Morgan fingerprint density at radius 3 is 2.92 bits per heavy atom. The van der Waals surface area contributed by atoms with Gasteiger partial charge in [-0.3, -0.25) is 9.69 Å². The van der Waals surface area contributed by atoms with Crippen molar-refractivity contribution in [3.63, 3.8) is 0 Å². The Hall–Kier alpha value is -2.58. The molecule has 0 saturated heterocycles. The zero-order valence-electron chi connectivity index (χ0n) is 14.3. The molecule has 2 heterocycles. The number of allylic oxidation sites excluding steroid dienone is 1. The molecule has 0 spiro atoms. The second-order valence-electron chi connectivity index (χ2n) is 5.81. The first kappa shape index (κ1) is 17.8. The molecule has 0 fully saturated rings. The molecular weight excluding hydrogens is 302 g/mol. The highest BCUT2D eigenvalue weighted by atomic mass is 16.3. The van der Waals surface area contributed by atoms with Crippen LogP contribution in [0.15, 0.2) is 41.5 Å². The van der Waals surface area contributed by atoms with Gasteiger partial charge in [0, 0.05) is 36.5 Å². The maximum Gasteiger partial charge on any atom is 0.178 e. The molecule has 0 amide bonds. The molecule has 0 N–H and O–H groups in total. The van der Waals surface area contributed by atoms with E-state index in [9.17, 15) is 4.79 Å². The van der Waals surface area contributed by atoms with Crippen LogP contribution in [0, 0.1) is 25.2 Å². The van der Waals surface area contributed by atoms with E-state index >= 15 is 0 Å². The normalized spacial score (nSPS) is 10.8. The number of carbonyl (C=O) groups is 1. The number of nitrogens with zero attached hydrogens (tertiary/aromatic N) is 3. The summed E-state index contributed by atoms with van der Waals surface area (Å²) < 4.78 is 7.43. The van der Waals surface area contributed by atoms with Crippen molar-refractivity contribution in [1.29, 1.82) is 5.26 Å². The molecule has 0 aliphatic carbocycles. The number of nitriles is 1. The van der Waals surface area contributed by atoms with Gasteiger partial charge >= 0.3 is 0 Å². The predicted molar refractivity (Wildman–Crippen MR) is 92.6 cm³/mol. The Morgan fingerprint density at radius 1 is 1.50 bits per heavy atom. The Morgan fingerprint density at radius 2 is 2.29 bits per heavy atom. The van der Waals surface area contributed by atoms with Crippen LogP contribution in [0.5, 0.6) is 0 Å². The average molecular weight is 325 g/mol. The molecule has 126 valence electrons. The number of aromatic nitrogens is 1. The summed E-state index contributed by atoms with van der Waals surface area (Å²) in [5.41, 5.74) is 2.73. The molecule has 24 heavy (non-hydrogen) atoms. The molecule has 0 atom stereocenters. The lowest BCUT2D eigenvalue weighted by molar-refractivity contribution is 0.0921. The van der Waals surface area contributed by atoms with Crippen molar-refractivity contribution in [2.24, 2.45) is 0 Å². The van der Waals surface area contributed by atoms with Crippen LogP contribution in [0.4, 0.5) is 0 Å². The van der Waals surface area contributed by atoms with E-state index in [0.717, 1.165) is 22.7 Å². The van der Waals surface area contributed by atoms with E-state index in [0.29, 0.717) is 26.1 Å². The lowest BCUT2D eigenvalue weighted by Gasteiger charge is -2.19. The van der Waals surface area contributed by atoms with Gasteiger partial charge in [-0.1, -0.05) is 6.08 Å². The maximum absolute atomic E-state index is 12.7. The highest BCUT2D eigenvalue weighted by Crippen LogP contribution is 2.17. The number of aryl methyl sites for hydroxylation is 1. The number of carbonyl (C=O) groups excluding carboxylic acids is 1. The number of furan rings is 1. The van der Waals surface area contributed by atoms with Gasteiger partial charge in [0.1, 0.15) is 5.76 Å². The summed E-state index contributed by atoms with van der Waals surface area (Å²) in [7, 11) is 0. The summed E-state index contributed by atoms with van der Waals surface area (Å²) in [6.07, 6.45) is 3.82. The first-order chi connectivity index (χ1) is 11.6. The minimum atomic E-state index is 0.0582. The SMILES string of the molecule is C=CCn1c(C)cc(C(=O)CN(CCC#N)Cc2ccco2)c1C. The Labute approximate surface area is 142 Å². The van der Waals surface area contributed by atoms with Crippen LogP contribution in [0.1, 0.15) is 33.9 Å². The van der Waals surface area contributed by atoms with E-state index in [-0.39, 0.29) is 12.3 Å². The zero-order chi connectivity index (χ0) is 17.5. The molecule has 5 nitrogen and oxygen atoms in total. The van der Waals surface area contributed by atoms with Crippen LogP contribution < -0.4 is 0 Å². The molecule has 2 rings (SSSR count). The molecule has 0 aliphatic rings. The van der Waals surface area contributed by atoms with Gasteiger partial charge in [0.05, 0.1) is 25.4 Å². The maximum atomic E-state index is 12.7. The summed E-state index contributed by atoms with van der Waals surface area (Å²) in [6.45, 7) is 9.72. The molecular formula is C19H23N3O2. The van der Waals surface area contributed by atoms with E-state index in [1.54, 1.807) is 6.26 Å². The minimum absolute atomic E-state index is 0.0582. The molecule has 5 heteroatoms. The van der Waals surface area contributed by atoms with Crippen LogP contribution in [-0.4, -0.2) is 28.3 Å². The average Bonchev–Trinajstić information content (AvgIpc) is 3.16. The van der Waals surface area contributed by atoms with Gasteiger partial charge in [-0.25, -0.2) is 0 Å². The number of rotatable bonds is 9. The van der Waals surface area contributed by atoms with Crippen molar-refractivity contribution in [2.45, 2.75) is 33.4 Å². The standard InChI is InChI=1S/C19H23N3O2/c1-4-9-22-15(2)12-18(16(22)3)19(23)14-21(10-6-8-20)13-17-7-5-11-24-17/h4-5,7,11-12H,1,6,9-10,13-14H2,2-3H3. The molecule has 0 unspecified atom stereocenters. The topological polar surface area (TPSA) is 62.2 Å². The van der Waals surface area contributed by atoms with Crippen LogP contribution in [0.3, 0.4) is 0 Å². The van der Waals surface area contributed by atoms with Crippen LogP contribution in [0.2, 0.25) is 0 Å². The van der Waals surface area contributed by atoms with Crippen molar-refractivity contribution >= 4 is 5.78 Å². The third-order valence-electron chi connectivity index (χ3n) is 4.05. The first-order valence-electron chi connectivity index (χ1n) is 7.99. The smallest absolute Gasteiger partial charge is 0.178 e. The van der Waals surface area contributed by atoms with Crippen molar-refractivity contribution in [2.75, 3.05) is 13.1 Å². The molecule has 0 radical (unpaired) electrons. The van der Waals surface area contributed by atoms with E-state index in [1.165, 1.54) is 0 Å². The second-order valence-corrected chi connectivity index (χ2v) is 5.81. The van der Waals surface area contributed by atoms with E-state index in [2.05, 4.69) is 17.2 Å². The predicted octanol–water partition coefficient (Wildman–Crippen LogP) is 3.48. The van der Waals surface area contributed by atoms with E-state index in [4.69, 9.17) is 9.68 Å². The molecule has 2 aromatic rings. The van der Waals surface area contributed by atoms with Gasteiger partial charge < -0.3 is 8.98 Å². The van der Waals surface area contributed by atoms with Crippen LogP contribution in [0.25, 0.3) is 0 Å². The Bertz CT molecular complexity index is 735. The summed E-state index contributed by atoms with van der Waals surface area (Å²) in [6, 6.07) is 7.76. The summed E-state index contributed by atoms with van der Waals surface area (Å²) >= 11 is 0. The summed E-state index contributed by atoms with van der Waals surface area (Å²) in [5, 5.41) is 8.84. The summed E-state index contributed by atoms with van der Waals surface area (Å²) in [4.78, 5) is 14.7. The van der Waals surface area contributed by atoms with Gasteiger partial charge in [0.25, 0.3) is 0 Å². The number of Topliss-reactive ketones (excluding diaryl/α,β-unsaturated/α-hetero) is 1. The first-order valence-corrected chi connectivity index (χ1v) is 7.99. The van der Waals surface area contributed by atoms with Crippen molar-refractivity contribution in [3.8, 4) is 6.07 Å². The van der Waals surface area contributed by atoms with Crippen molar-refractivity contribution in [1.82, 2.24) is 9.47 Å². The van der Waals surface area contributed by atoms with E-state index in [1.807, 2.05) is 43.0 Å². The molecule has 0 aliphatic heterocycles. The molecule has 0 aromatic carbocycles. The Balaban J connectivity index is 2.13. The van der Waals surface area contributed by atoms with E-state index < -0.39 is 0 Å². The fourth-order valence-electron chi connectivity index (χ4n) is 2.83. The third-order valence-corrected chi connectivity index (χ3v) is 4.05. The third kappa shape index (κ3) is 4.24. The fraction of sp³-hybridized carbons (Fsp3) is 0.368. The minimum Gasteiger partial charge on any atom is -0.468 e. The molecule has 2 aromatic heterocycles. The molecule has 0 bridgehead atoms. The van der Waals surface area contributed by atoms with Crippen LogP contribution in [-0.2, 0) is 13.1 Å². The quantitative estimate of drug-likeness (QED) is 0.523. The van der Waals surface area contributed by atoms with Crippen molar-refractivity contribution in [3.05, 3.63) is 59.8 Å². The zero-order valence-corrected chi connectivity index (χ0v) is 14.3. The highest BCUT2D eigenvalue weighted by molar-refractivity contribution is 5.99. The second kappa shape index (κ2) is 8.32. The van der Waals surface area contributed by atoms with Gasteiger partial charge in [0.15, 0.2) is 5.78 Å². The van der Waals surface area contributed by atoms with Gasteiger partial charge in [-0.2, -0.15) is 5.26 Å². The molecule has 0 saturated carbocycles. The van der Waals surface area contributed by atoms with Crippen molar-refractivity contribution < 1.29 is 9.21 Å². The highest BCUT2D eigenvalue weighted by Gasteiger charge is 2.19. The Kier molecular flexibility index (Phi) is 6.16. The fourth-order valence-corrected chi connectivity index (χ4v) is 2.83.